The van der Waals surface area contributed by atoms with Crippen LogP contribution in [0, 0.1) is 0 Å². The maximum atomic E-state index is 3.38. The first kappa shape index (κ1) is 14.2. The van der Waals surface area contributed by atoms with Crippen molar-refractivity contribution in [3.63, 3.8) is 0 Å². The van der Waals surface area contributed by atoms with Crippen LogP contribution in [0.3, 0.4) is 0 Å². The number of anilines is 2. The standard InChI is InChI=1S/C19H24N2/c1-2-20-15-16-10-12-18(13-11-16)21-14-6-5-8-17-7-3-4-9-19(17)21/h3-4,7,9-13,20H,2,5-6,8,14-15H2,1H3. The molecule has 0 radical (unpaired) electrons. The Kier molecular flexibility index (Phi) is 4.56. The minimum absolute atomic E-state index is 0.952. The lowest BCUT2D eigenvalue weighted by atomic mass is 10.1. The van der Waals surface area contributed by atoms with E-state index in [-0.39, 0.29) is 0 Å². The van der Waals surface area contributed by atoms with Gasteiger partial charge in [0.05, 0.1) is 0 Å². The van der Waals surface area contributed by atoms with Crippen molar-refractivity contribution in [3.8, 4) is 0 Å². The predicted molar refractivity (Wildman–Crippen MR) is 90.2 cm³/mol. The summed E-state index contributed by atoms with van der Waals surface area (Å²) in [5, 5.41) is 3.38. The van der Waals surface area contributed by atoms with Crippen molar-refractivity contribution >= 4 is 11.4 Å². The molecular formula is C19H24N2. The quantitative estimate of drug-likeness (QED) is 0.899. The molecule has 0 spiro atoms. The molecule has 21 heavy (non-hydrogen) atoms. The molecule has 0 saturated heterocycles. The molecule has 0 amide bonds. The Balaban J connectivity index is 1.86. The van der Waals surface area contributed by atoms with Gasteiger partial charge in [-0.3, -0.25) is 0 Å². The molecule has 1 aliphatic heterocycles. The second-order valence-electron chi connectivity index (χ2n) is 5.68. The van der Waals surface area contributed by atoms with Gasteiger partial charge in [-0.25, -0.2) is 0 Å². The van der Waals surface area contributed by atoms with Crippen molar-refractivity contribution in [1.29, 1.82) is 0 Å². The number of hydrogen-bond donors (Lipinski definition) is 1. The SMILES string of the molecule is CCNCc1ccc(N2CCCCc3ccccc32)cc1. The fourth-order valence-electron chi connectivity index (χ4n) is 3.02. The predicted octanol–water partition coefficient (Wildman–Crippen LogP) is 4.27. The molecule has 110 valence electrons. The lowest BCUT2D eigenvalue weighted by Crippen LogP contribution is -2.18. The highest BCUT2D eigenvalue weighted by atomic mass is 15.1. The van der Waals surface area contributed by atoms with Crippen LogP contribution in [0.5, 0.6) is 0 Å². The number of hydrogen-bond acceptors (Lipinski definition) is 2. The number of fused-ring (bicyclic) bond motifs is 1. The zero-order chi connectivity index (χ0) is 14.5. The second kappa shape index (κ2) is 6.77. The van der Waals surface area contributed by atoms with Crippen LogP contribution in [0.1, 0.15) is 30.9 Å². The van der Waals surface area contributed by atoms with Crippen molar-refractivity contribution < 1.29 is 0 Å². The Morgan fingerprint density at radius 3 is 2.62 bits per heavy atom. The van der Waals surface area contributed by atoms with E-state index < -0.39 is 0 Å². The first-order chi connectivity index (χ1) is 10.4. The molecule has 0 fully saturated rings. The van der Waals surface area contributed by atoms with Gasteiger partial charge in [0.2, 0.25) is 0 Å². The third-order valence-electron chi connectivity index (χ3n) is 4.19. The van der Waals surface area contributed by atoms with Gasteiger partial charge in [0.15, 0.2) is 0 Å². The summed E-state index contributed by atoms with van der Waals surface area (Å²) in [6.45, 7) is 5.22. The number of para-hydroxylation sites is 1. The molecule has 2 aromatic rings. The molecule has 0 aromatic heterocycles. The Morgan fingerprint density at radius 2 is 1.81 bits per heavy atom. The van der Waals surface area contributed by atoms with Crippen LogP contribution >= 0.6 is 0 Å². The molecule has 0 unspecified atom stereocenters. The molecule has 0 saturated carbocycles. The smallest absolute Gasteiger partial charge is 0.0443 e. The number of nitrogens with one attached hydrogen (secondary N) is 1. The summed E-state index contributed by atoms with van der Waals surface area (Å²) in [6.07, 6.45) is 3.74. The van der Waals surface area contributed by atoms with Crippen LogP contribution in [-0.2, 0) is 13.0 Å². The average molecular weight is 280 g/mol. The summed E-state index contributed by atoms with van der Waals surface area (Å²) in [5.74, 6) is 0. The van der Waals surface area contributed by atoms with Crippen LogP contribution in [0.25, 0.3) is 0 Å². The summed E-state index contributed by atoms with van der Waals surface area (Å²) in [5.41, 5.74) is 5.52. The van der Waals surface area contributed by atoms with Gasteiger partial charge in [-0.15, -0.1) is 0 Å². The van der Waals surface area contributed by atoms with E-state index >= 15 is 0 Å². The van der Waals surface area contributed by atoms with Crippen LogP contribution in [0.2, 0.25) is 0 Å². The molecule has 2 heteroatoms. The third-order valence-corrected chi connectivity index (χ3v) is 4.19. The van der Waals surface area contributed by atoms with Crippen molar-refractivity contribution in [1.82, 2.24) is 5.32 Å². The van der Waals surface area contributed by atoms with Crippen molar-refractivity contribution in [2.75, 3.05) is 18.0 Å². The number of nitrogens with zero attached hydrogens (tertiary/aromatic N) is 1. The lowest BCUT2D eigenvalue weighted by Gasteiger charge is -2.25. The van der Waals surface area contributed by atoms with Gasteiger partial charge in [0.1, 0.15) is 0 Å². The first-order valence-corrected chi connectivity index (χ1v) is 8.03. The maximum absolute atomic E-state index is 3.38. The zero-order valence-electron chi connectivity index (χ0n) is 12.8. The normalized spacial score (nSPS) is 14.6. The molecule has 1 heterocycles. The molecular weight excluding hydrogens is 256 g/mol. The minimum Gasteiger partial charge on any atom is -0.341 e. The fraction of sp³-hybridized carbons (Fsp3) is 0.368. The molecule has 2 aromatic carbocycles. The van der Waals surface area contributed by atoms with Crippen LogP contribution in [0.15, 0.2) is 48.5 Å². The van der Waals surface area contributed by atoms with Gasteiger partial charge in [-0.2, -0.15) is 0 Å². The highest BCUT2D eigenvalue weighted by molar-refractivity contribution is 5.67. The Bertz CT molecular complexity index is 574. The number of benzene rings is 2. The van der Waals surface area contributed by atoms with E-state index in [4.69, 9.17) is 0 Å². The van der Waals surface area contributed by atoms with E-state index in [0.29, 0.717) is 0 Å². The Hall–Kier alpha value is -1.80. The van der Waals surface area contributed by atoms with Gasteiger partial charge in [-0.1, -0.05) is 37.3 Å². The fourth-order valence-corrected chi connectivity index (χ4v) is 3.02. The molecule has 0 bridgehead atoms. The van der Waals surface area contributed by atoms with Crippen LogP contribution < -0.4 is 10.2 Å². The highest BCUT2D eigenvalue weighted by Crippen LogP contribution is 2.32. The highest BCUT2D eigenvalue weighted by Gasteiger charge is 2.15. The van der Waals surface area contributed by atoms with Gasteiger partial charge in [-0.05, 0) is 55.1 Å². The van der Waals surface area contributed by atoms with E-state index in [2.05, 4.69) is 65.7 Å². The molecule has 0 aliphatic carbocycles. The van der Waals surface area contributed by atoms with Gasteiger partial charge in [0.25, 0.3) is 0 Å². The molecule has 1 aliphatic rings. The lowest BCUT2D eigenvalue weighted by molar-refractivity contribution is 0.726. The number of aryl methyl sites for hydroxylation is 1. The zero-order valence-corrected chi connectivity index (χ0v) is 12.8. The summed E-state index contributed by atoms with van der Waals surface area (Å²) in [4.78, 5) is 2.47. The maximum Gasteiger partial charge on any atom is 0.0443 e. The Morgan fingerprint density at radius 1 is 1.00 bits per heavy atom. The van der Waals surface area contributed by atoms with Gasteiger partial charge < -0.3 is 10.2 Å². The minimum atomic E-state index is 0.952. The monoisotopic (exact) mass is 280 g/mol. The first-order valence-electron chi connectivity index (χ1n) is 8.03. The van der Waals surface area contributed by atoms with E-state index in [9.17, 15) is 0 Å². The van der Waals surface area contributed by atoms with E-state index in [1.807, 2.05) is 0 Å². The largest absolute Gasteiger partial charge is 0.341 e. The number of rotatable bonds is 4. The molecule has 1 N–H and O–H groups in total. The molecule has 3 rings (SSSR count). The summed E-state index contributed by atoms with van der Waals surface area (Å²) < 4.78 is 0. The van der Waals surface area contributed by atoms with Gasteiger partial charge >= 0.3 is 0 Å². The van der Waals surface area contributed by atoms with Crippen LogP contribution in [0.4, 0.5) is 11.4 Å². The van der Waals surface area contributed by atoms with Crippen molar-refractivity contribution in [2.45, 2.75) is 32.7 Å². The summed E-state index contributed by atoms with van der Waals surface area (Å²) in [7, 11) is 0. The average Bonchev–Trinajstić information content (AvgIpc) is 2.76. The van der Waals surface area contributed by atoms with Crippen molar-refractivity contribution in [3.05, 3.63) is 59.7 Å². The molecule has 2 nitrogen and oxygen atoms in total. The third kappa shape index (κ3) is 3.27. The van der Waals surface area contributed by atoms with Crippen molar-refractivity contribution in [2.24, 2.45) is 0 Å². The van der Waals surface area contributed by atoms with E-state index in [1.165, 1.54) is 41.8 Å². The summed E-state index contributed by atoms with van der Waals surface area (Å²) in [6, 6.07) is 17.8. The van der Waals surface area contributed by atoms with Gasteiger partial charge in [0, 0.05) is 24.5 Å². The van der Waals surface area contributed by atoms with Crippen LogP contribution in [-0.4, -0.2) is 13.1 Å². The van der Waals surface area contributed by atoms with E-state index in [1.54, 1.807) is 0 Å². The van der Waals surface area contributed by atoms with E-state index in [0.717, 1.165) is 19.6 Å². The topological polar surface area (TPSA) is 15.3 Å². The Labute approximate surface area is 127 Å². The molecule has 0 atom stereocenters. The second-order valence-corrected chi connectivity index (χ2v) is 5.68. The summed E-state index contributed by atoms with van der Waals surface area (Å²) >= 11 is 0.